The molecule has 0 aliphatic heterocycles. The quantitative estimate of drug-likeness (QED) is 0.882. The first-order valence-corrected chi connectivity index (χ1v) is 6.39. The second kappa shape index (κ2) is 4.76. The molecule has 0 saturated heterocycles. The van der Waals surface area contributed by atoms with Gasteiger partial charge in [-0.3, -0.25) is 4.79 Å². The lowest BCUT2D eigenvalue weighted by Crippen LogP contribution is -2.14. The summed E-state index contributed by atoms with van der Waals surface area (Å²) >= 11 is 0. The minimum absolute atomic E-state index is 0.0273. The lowest BCUT2D eigenvalue weighted by atomic mass is 10.1. The van der Waals surface area contributed by atoms with Crippen molar-refractivity contribution in [2.24, 2.45) is 5.92 Å². The predicted molar refractivity (Wildman–Crippen MR) is 74.0 cm³/mol. The number of anilines is 1. The van der Waals surface area contributed by atoms with Gasteiger partial charge in [0.2, 0.25) is 5.91 Å². The number of hydrogen-bond donors (Lipinski definition) is 2. The van der Waals surface area contributed by atoms with E-state index in [0.29, 0.717) is 11.6 Å². The highest BCUT2D eigenvalue weighted by molar-refractivity contribution is 5.95. The monoisotopic (exact) mass is 253 g/mol. The second-order valence-electron chi connectivity index (χ2n) is 4.90. The Kier molecular flexibility index (Phi) is 2.95. The van der Waals surface area contributed by atoms with Gasteiger partial charge in [0, 0.05) is 17.7 Å². The molecule has 1 saturated carbocycles. The fourth-order valence-corrected chi connectivity index (χ4v) is 2.37. The number of phenols is 1. The van der Waals surface area contributed by atoms with Gasteiger partial charge < -0.3 is 10.4 Å². The van der Waals surface area contributed by atoms with E-state index in [-0.39, 0.29) is 17.6 Å². The fourth-order valence-electron chi connectivity index (χ4n) is 2.37. The summed E-state index contributed by atoms with van der Waals surface area (Å²) in [5.74, 6) is 0.566. The van der Waals surface area contributed by atoms with Crippen LogP contribution in [0.5, 0.6) is 5.75 Å². The van der Waals surface area contributed by atoms with Crippen molar-refractivity contribution in [1.82, 2.24) is 0 Å². The molecular weight excluding hydrogens is 238 g/mol. The van der Waals surface area contributed by atoms with Crippen LogP contribution in [0, 0.1) is 5.92 Å². The molecule has 1 aliphatic carbocycles. The Morgan fingerprint density at radius 1 is 1.11 bits per heavy atom. The topological polar surface area (TPSA) is 49.3 Å². The number of carbonyl (C=O) groups excluding carboxylic acids is 1. The van der Waals surface area contributed by atoms with Gasteiger partial charge in [-0.1, -0.05) is 36.4 Å². The molecule has 2 aromatic carbocycles. The average Bonchev–Trinajstić information content (AvgIpc) is 3.20. The van der Waals surface area contributed by atoms with Crippen LogP contribution in [0.3, 0.4) is 0 Å². The summed E-state index contributed by atoms with van der Waals surface area (Å²) in [5, 5.41) is 12.2. The number of aromatic hydroxyl groups is 1. The molecule has 3 rings (SSSR count). The molecule has 0 spiro atoms. The van der Waals surface area contributed by atoms with Crippen LogP contribution >= 0.6 is 0 Å². The summed E-state index contributed by atoms with van der Waals surface area (Å²) in [4.78, 5) is 12.1. The number of rotatable bonds is 3. The zero-order valence-corrected chi connectivity index (χ0v) is 10.4. The van der Waals surface area contributed by atoms with Gasteiger partial charge in [0.15, 0.2) is 0 Å². The van der Waals surface area contributed by atoms with Crippen LogP contribution in [0.2, 0.25) is 0 Å². The first-order chi connectivity index (χ1) is 9.24. The zero-order chi connectivity index (χ0) is 13.2. The minimum atomic E-state index is 0.0273. The summed E-state index contributed by atoms with van der Waals surface area (Å²) in [6, 6.07) is 16.7. The summed E-state index contributed by atoms with van der Waals surface area (Å²) in [7, 11) is 0. The van der Waals surface area contributed by atoms with E-state index in [0.717, 1.165) is 6.42 Å². The summed E-state index contributed by atoms with van der Waals surface area (Å²) in [5.41, 5.74) is 1.86. The third-order valence-electron chi connectivity index (χ3n) is 3.47. The molecule has 0 bridgehead atoms. The van der Waals surface area contributed by atoms with Gasteiger partial charge in [-0.15, -0.1) is 0 Å². The van der Waals surface area contributed by atoms with E-state index in [1.54, 1.807) is 24.3 Å². The first kappa shape index (κ1) is 11.8. The van der Waals surface area contributed by atoms with E-state index in [9.17, 15) is 9.90 Å². The molecule has 19 heavy (non-hydrogen) atoms. The molecule has 1 fully saturated rings. The van der Waals surface area contributed by atoms with Crippen molar-refractivity contribution in [2.45, 2.75) is 12.3 Å². The Labute approximate surface area is 111 Å². The van der Waals surface area contributed by atoms with Crippen molar-refractivity contribution in [3.63, 3.8) is 0 Å². The molecule has 1 amide bonds. The number of hydrogen-bond acceptors (Lipinski definition) is 2. The van der Waals surface area contributed by atoms with Gasteiger partial charge in [-0.2, -0.15) is 0 Å². The standard InChI is InChI=1S/C16H15NO2/c18-13-8-4-7-12(9-13)17-16(19)15-10-14(15)11-5-2-1-3-6-11/h1-9,14-15,18H,10H2,(H,17,19). The maximum Gasteiger partial charge on any atom is 0.228 e. The number of phenolic OH excluding ortho intramolecular Hbond substituents is 1. The van der Waals surface area contributed by atoms with Gasteiger partial charge in [0.05, 0.1) is 0 Å². The van der Waals surface area contributed by atoms with Crippen molar-refractivity contribution < 1.29 is 9.90 Å². The predicted octanol–water partition coefficient (Wildman–Crippen LogP) is 3.13. The largest absolute Gasteiger partial charge is 0.508 e. The molecule has 2 atom stereocenters. The summed E-state index contributed by atoms with van der Waals surface area (Å²) in [6.45, 7) is 0. The molecule has 0 aromatic heterocycles. The Morgan fingerprint density at radius 3 is 2.63 bits per heavy atom. The number of benzene rings is 2. The van der Waals surface area contributed by atoms with Crippen LogP contribution < -0.4 is 5.32 Å². The van der Waals surface area contributed by atoms with E-state index in [4.69, 9.17) is 0 Å². The Balaban J connectivity index is 1.64. The molecule has 0 radical (unpaired) electrons. The molecular formula is C16H15NO2. The van der Waals surface area contributed by atoms with Crippen LogP contribution in [0.25, 0.3) is 0 Å². The maximum atomic E-state index is 12.1. The number of carbonyl (C=O) groups is 1. The SMILES string of the molecule is O=C(Nc1cccc(O)c1)C1CC1c1ccccc1. The number of nitrogens with one attached hydrogen (secondary N) is 1. The van der Waals surface area contributed by atoms with Gasteiger partial charge in [0.25, 0.3) is 0 Å². The Bertz CT molecular complexity index is 595. The lowest BCUT2D eigenvalue weighted by Gasteiger charge is -2.05. The maximum absolute atomic E-state index is 12.1. The van der Waals surface area contributed by atoms with Crippen LogP contribution in [-0.2, 0) is 4.79 Å². The van der Waals surface area contributed by atoms with Gasteiger partial charge in [-0.05, 0) is 30.0 Å². The molecule has 2 N–H and O–H groups in total. The average molecular weight is 253 g/mol. The molecule has 1 aliphatic rings. The Hall–Kier alpha value is -2.29. The highest BCUT2D eigenvalue weighted by Gasteiger charge is 2.43. The van der Waals surface area contributed by atoms with Crippen LogP contribution in [0.1, 0.15) is 17.9 Å². The molecule has 2 unspecified atom stereocenters. The van der Waals surface area contributed by atoms with Crippen molar-refractivity contribution in [3.8, 4) is 5.75 Å². The highest BCUT2D eigenvalue weighted by atomic mass is 16.3. The summed E-state index contributed by atoms with van der Waals surface area (Å²) < 4.78 is 0. The molecule has 0 heterocycles. The van der Waals surface area contributed by atoms with Crippen molar-refractivity contribution in [2.75, 3.05) is 5.32 Å². The third kappa shape index (κ3) is 2.60. The van der Waals surface area contributed by atoms with E-state index < -0.39 is 0 Å². The normalized spacial score (nSPS) is 20.8. The Morgan fingerprint density at radius 2 is 1.89 bits per heavy atom. The smallest absolute Gasteiger partial charge is 0.228 e. The van der Waals surface area contributed by atoms with Gasteiger partial charge >= 0.3 is 0 Å². The van der Waals surface area contributed by atoms with Gasteiger partial charge in [-0.25, -0.2) is 0 Å². The molecule has 96 valence electrons. The zero-order valence-electron chi connectivity index (χ0n) is 10.4. The van der Waals surface area contributed by atoms with E-state index >= 15 is 0 Å². The third-order valence-corrected chi connectivity index (χ3v) is 3.47. The van der Waals surface area contributed by atoms with Crippen LogP contribution in [-0.4, -0.2) is 11.0 Å². The van der Waals surface area contributed by atoms with Crippen molar-refractivity contribution >= 4 is 11.6 Å². The number of amides is 1. The highest BCUT2D eigenvalue weighted by Crippen LogP contribution is 2.47. The minimum Gasteiger partial charge on any atom is -0.508 e. The van der Waals surface area contributed by atoms with E-state index in [1.165, 1.54) is 5.56 Å². The van der Waals surface area contributed by atoms with Gasteiger partial charge in [0.1, 0.15) is 5.75 Å². The first-order valence-electron chi connectivity index (χ1n) is 6.39. The van der Waals surface area contributed by atoms with Crippen LogP contribution in [0.15, 0.2) is 54.6 Å². The van der Waals surface area contributed by atoms with Crippen LogP contribution in [0.4, 0.5) is 5.69 Å². The summed E-state index contributed by atoms with van der Waals surface area (Å²) in [6.07, 6.45) is 0.897. The fraction of sp³-hybridized carbons (Fsp3) is 0.188. The van der Waals surface area contributed by atoms with Crippen molar-refractivity contribution in [1.29, 1.82) is 0 Å². The molecule has 3 nitrogen and oxygen atoms in total. The molecule has 3 heteroatoms. The van der Waals surface area contributed by atoms with Crippen molar-refractivity contribution in [3.05, 3.63) is 60.2 Å². The van der Waals surface area contributed by atoms with E-state index in [2.05, 4.69) is 17.4 Å². The van der Waals surface area contributed by atoms with E-state index in [1.807, 2.05) is 18.2 Å². The second-order valence-corrected chi connectivity index (χ2v) is 4.90. The lowest BCUT2D eigenvalue weighted by molar-refractivity contribution is -0.117. The molecule has 2 aromatic rings.